The summed E-state index contributed by atoms with van der Waals surface area (Å²) in [6.45, 7) is 17.2. The van der Waals surface area contributed by atoms with Crippen LogP contribution in [-0.4, -0.2) is 105 Å². The summed E-state index contributed by atoms with van der Waals surface area (Å²) in [6.07, 6.45) is 4.06. The van der Waals surface area contributed by atoms with Crippen molar-refractivity contribution in [1.29, 1.82) is 0 Å². The van der Waals surface area contributed by atoms with Gasteiger partial charge in [-0.15, -0.1) is 0 Å². The Kier molecular flexibility index (Phi) is 13.6. The van der Waals surface area contributed by atoms with Crippen LogP contribution in [0.5, 0.6) is 5.75 Å². The van der Waals surface area contributed by atoms with Crippen LogP contribution in [0.15, 0.2) is 48.5 Å². The number of aliphatic hydroxyl groups is 2. The lowest BCUT2D eigenvalue weighted by Gasteiger charge is -2.62. The zero-order chi connectivity index (χ0) is 39.4. The third-order valence-electron chi connectivity index (χ3n) is 13.4. The molecular formula is C44H66N4O7. The second kappa shape index (κ2) is 18.0. The predicted molar refractivity (Wildman–Crippen MR) is 212 cm³/mol. The van der Waals surface area contributed by atoms with Crippen LogP contribution >= 0.6 is 0 Å². The molecule has 9 atom stereocenters. The van der Waals surface area contributed by atoms with E-state index in [0.717, 1.165) is 49.2 Å². The second-order valence-corrected chi connectivity index (χ2v) is 18.0. The SMILES string of the molecule is CC(C)C[C@@H](CN1CCCC1)N(Cc1cccc(CN2O[C@@H](CO)[C@@H]([C@H](C)O)[C@H]2C(=O)N[C@H]2C[C@@H]3C[C@@H]([C@H]2C)C3(C)C)c1)Cc1ccccc1OCC(=O)O. The maximum absolute atomic E-state index is 14.2. The van der Waals surface area contributed by atoms with Gasteiger partial charge in [-0.25, -0.2) is 4.79 Å². The number of rotatable bonds is 18. The predicted octanol–water partition coefficient (Wildman–Crippen LogP) is 5.32. The molecule has 2 aromatic rings. The number of aliphatic hydroxyl groups excluding tert-OH is 2. The summed E-state index contributed by atoms with van der Waals surface area (Å²) < 4.78 is 5.76. The van der Waals surface area contributed by atoms with Crippen LogP contribution in [0.4, 0.5) is 0 Å². The third-order valence-corrected chi connectivity index (χ3v) is 13.4. The number of para-hydroxylation sites is 1. The molecule has 0 unspecified atom stereocenters. The number of aliphatic carboxylic acids is 1. The first-order valence-electron chi connectivity index (χ1n) is 20.7. The molecule has 4 N–H and O–H groups in total. The first-order chi connectivity index (χ1) is 26.2. The van der Waals surface area contributed by atoms with E-state index in [9.17, 15) is 24.9 Å². The van der Waals surface area contributed by atoms with E-state index in [4.69, 9.17) is 9.57 Å². The lowest BCUT2D eigenvalue weighted by atomic mass is 9.45. The fourth-order valence-electron chi connectivity index (χ4n) is 10.3. The molecule has 3 saturated carbocycles. The Bertz CT molecular complexity index is 1600. The van der Waals surface area contributed by atoms with Crippen molar-refractivity contribution in [3.63, 3.8) is 0 Å². The molecule has 2 bridgehead atoms. The summed E-state index contributed by atoms with van der Waals surface area (Å²) in [7, 11) is 0. The monoisotopic (exact) mass is 762 g/mol. The highest BCUT2D eigenvalue weighted by molar-refractivity contribution is 5.82. The molecule has 5 fully saturated rings. The van der Waals surface area contributed by atoms with E-state index in [2.05, 4.69) is 61.9 Å². The van der Waals surface area contributed by atoms with Crippen LogP contribution in [0.1, 0.15) is 90.3 Å². The number of hydrogen-bond acceptors (Lipinski definition) is 9. The van der Waals surface area contributed by atoms with Gasteiger partial charge in [0.05, 0.1) is 19.3 Å². The minimum Gasteiger partial charge on any atom is -0.482 e. The minimum atomic E-state index is -1.01. The van der Waals surface area contributed by atoms with Crippen molar-refractivity contribution in [2.45, 2.75) is 124 Å². The number of carbonyl (C=O) groups is 2. The summed E-state index contributed by atoms with van der Waals surface area (Å²) in [5, 5.41) is 35.7. The number of carbonyl (C=O) groups excluding carboxylic acids is 1. The van der Waals surface area contributed by atoms with Crippen LogP contribution in [0.2, 0.25) is 0 Å². The molecule has 11 nitrogen and oxygen atoms in total. The molecule has 1 amide bonds. The van der Waals surface area contributed by atoms with Crippen molar-refractivity contribution in [2.24, 2.45) is 35.0 Å². The van der Waals surface area contributed by atoms with Crippen LogP contribution in [-0.2, 0) is 34.1 Å². The van der Waals surface area contributed by atoms with Gasteiger partial charge < -0.3 is 30.3 Å². The molecule has 2 aliphatic heterocycles. The maximum atomic E-state index is 14.2. The lowest BCUT2D eigenvalue weighted by molar-refractivity contribution is -0.183. The number of hydrogen-bond donors (Lipinski definition) is 4. The van der Waals surface area contributed by atoms with Crippen molar-refractivity contribution < 1.29 is 34.5 Å². The highest BCUT2D eigenvalue weighted by atomic mass is 16.7. The summed E-state index contributed by atoms with van der Waals surface area (Å²) in [4.78, 5) is 37.0. The fraction of sp³-hybridized carbons (Fsp3) is 0.682. The Labute approximate surface area is 328 Å². The number of nitrogens with one attached hydrogen (secondary N) is 1. The summed E-state index contributed by atoms with van der Waals surface area (Å²) in [6, 6.07) is 15.7. The van der Waals surface area contributed by atoms with E-state index in [-0.39, 0.29) is 24.6 Å². The zero-order valence-corrected chi connectivity index (χ0v) is 33.9. The lowest BCUT2D eigenvalue weighted by Crippen LogP contribution is -2.62. The van der Waals surface area contributed by atoms with E-state index < -0.39 is 36.7 Å². The first kappa shape index (κ1) is 41.6. The Balaban J connectivity index is 1.23. The fourth-order valence-corrected chi connectivity index (χ4v) is 10.3. The number of carboxylic acid groups (broad SMARTS) is 1. The van der Waals surface area contributed by atoms with Gasteiger partial charge in [0.25, 0.3) is 0 Å². The number of benzene rings is 2. The second-order valence-electron chi connectivity index (χ2n) is 18.0. The van der Waals surface area contributed by atoms with Crippen molar-refractivity contribution in [1.82, 2.24) is 20.2 Å². The van der Waals surface area contributed by atoms with Crippen LogP contribution < -0.4 is 10.1 Å². The number of carboxylic acids is 1. The number of fused-ring (bicyclic) bond motifs is 2. The molecule has 304 valence electrons. The quantitative estimate of drug-likeness (QED) is 0.158. The molecular weight excluding hydrogens is 697 g/mol. The van der Waals surface area contributed by atoms with Crippen molar-refractivity contribution >= 4 is 11.9 Å². The number of likely N-dealkylation sites (tertiary alicyclic amines) is 1. The topological polar surface area (TPSA) is 135 Å². The Hall–Kier alpha value is -3.06. The van der Waals surface area contributed by atoms with Gasteiger partial charge >= 0.3 is 5.97 Å². The van der Waals surface area contributed by atoms with Crippen LogP contribution in [0.25, 0.3) is 0 Å². The smallest absolute Gasteiger partial charge is 0.341 e. The minimum absolute atomic E-state index is 0.0715. The average molecular weight is 763 g/mol. The van der Waals surface area contributed by atoms with Gasteiger partial charge in [0.15, 0.2) is 6.61 Å². The molecule has 5 aliphatic rings. The van der Waals surface area contributed by atoms with Gasteiger partial charge in [0.2, 0.25) is 5.91 Å². The van der Waals surface area contributed by atoms with E-state index in [1.165, 1.54) is 19.3 Å². The molecule has 3 aliphatic carbocycles. The number of hydroxylamine groups is 2. The van der Waals surface area contributed by atoms with E-state index in [1.807, 2.05) is 36.4 Å². The normalized spacial score (nSPS) is 28.9. The van der Waals surface area contributed by atoms with E-state index in [0.29, 0.717) is 54.5 Å². The van der Waals surface area contributed by atoms with Crippen LogP contribution in [0.3, 0.4) is 0 Å². The average Bonchev–Trinajstić information content (AvgIpc) is 3.79. The molecule has 7 rings (SSSR count). The van der Waals surface area contributed by atoms with Gasteiger partial charge in [-0.1, -0.05) is 77.1 Å². The van der Waals surface area contributed by atoms with Gasteiger partial charge in [0, 0.05) is 43.2 Å². The molecule has 2 saturated heterocycles. The summed E-state index contributed by atoms with van der Waals surface area (Å²) in [5.74, 6) is 0.847. The number of ether oxygens (including phenoxy) is 1. The molecule has 0 aromatic heterocycles. The van der Waals surface area contributed by atoms with Crippen LogP contribution in [0, 0.1) is 35.0 Å². The molecule has 11 heteroatoms. The summed E-state index contributed by atoms with van der Waals surface area (Å²) >= 11 is 0. The highest BCUT2D eigenvalue weighted by Gasteiger charge is 2.57. The van der Waals surface area contributed by atoms with Crippen molar-refractivity contribution in [3.8, 4) is 5.75 Å². The van der Waals surface area contributed by atoms with E-state index >= 15 is 0 Å². The van der Waals surface area contributed by atoms with Crippen molar-refractivity contribution in [2.75, 3.05) is 32.8 Å². The molecule has 0 spiro atoms. The van der Waals surface area contributed by atoms with Gasteiger partial charge in [-0.2, -0.15) is 5.06 Å². The molecule has 0 radical (unpaired) electrons. The van der Waals surface area contributed by atoms with Gasteiger partial charge in [-0.05, 0) is 98.4 Å². The molecule has 2 aromatic carbocycles. The standard InChI is InChI=1S/C44H66N4O7/c1-28(2)18-35(25-46-16-9-10-17-46)47(24-33-14-7-8-15-38(33)54-27-40(51)52)22-31-12-11-13-32(19-31)23-48-42(41(30(4)50)39(26-49)55-48)43(53)45-37-21-34-20-36(29(37)3)44(34,5)6/h7-8,11-15,19,28-30,34-37,39,41-42,49-50H,9-10,16-18,20-27H2,1-6H3,(H,45,53)(H,51,52)/t29-,30+,34+,35+,36+,37+,39+,41-,42+/m1/s1. The third kappa shape index (κ3) is 9.74. The number of nitrogens with zero attached hydrogens (tertiary/aromatic N) is 3. The van der Waals surface area contributed by atoms with Gasteiger partial charge in [0.1, 0.15) is 17.9 Å². The Morgan fingerprint density at radius 3 is 2.42 bits per heavy atom. The largest absolute Gasteiger partial charge is 0.482 e. The summed E-state index contributed by atoms with van der Waals surface area (Å²) in [5.41, 5.74) is 3.33. The zero-order valence-electron chi connectivity index (χ0n) is 33.9. The molecule has 55 heavy (non-hydrogen) atoms. The van der Waals surface area contributed by atoms with Gasteiger partial charge in [-0.3, -0.25) is 14.5 Å². The van der Waals surface area contributed by atoms with E-state index in [1.54, 1.807) is 12.0 Å². The Morgan fingerprint density at radius 1 is 1.04 bits per heavy atom. The van der Waals surface area contributed by atoms with Crippen molar-refractivity contribution in [3.05, 3.63) is 65.2 Å². The number of amides is 1. The maximum Gasteiger partial charge on any atom is 0.341 e. The first-order valence-corrected chi connectivity index (χ1v) is 20.7. The molecule has 2 heterocycles. The highest BCUT2D eigenvalue weighted by Crippen LogP contribution is 2.61. The Morgan fingerprint density at radius 2 is 1.76 bits per heavy atom.